The quantitative estimate of drug-likeness (QED) is 0.928. The van der Waals surface area contributed by atoms with Crippen LogP contribution in [0.2, 0.25) is 10.0 Å². The third kappa shape index (κ3) is 3.57. The Morgan fingerprint density at radius 3 is 2.85 bits per heavy atom. The molecule has 1 saturated heterocycles. The fraction of sp³-hybridized carbons (Fsp3) is 0.500. The van der Waals surface area contributed by atoms with Crippen LogP contribution < -0.4 is 4.74 Å². The molecule has 0 bridgehead atoms. The summed E-state index contributed by atoms with van der Waals surface area (Å²) < 4.78 is 5.60. The van der Waals surface area contributed by atoms with E-state index in [-0.39, 0.29) is 18.4 Å². The van der Waals surface area contributed by atoms with Gasteiger partial charge in [0.15, 0.2) is 6.10 Å². The number of hydrogen-bond acceptors (Lipinski definition) is 3. The van der Waals surface area contributed by atoms with Crippen LogP contribution in [0, 0.1) is 5.92 Å². The summed E-state index contributed by atoms with van der Waals surface area (Å²) in [7, 11) is 0. The van der Waals surface area contributed by atoms with Crippen LogP contribution in [0.1, 0.15) is 13.3 Å². The molecule has 0 aromatic heterocycles. The summed E-state index contributed by atoms with van der Waals surface area (Å²) in [6.07, 6.45) is 0.242. The van der Waals surface area contributed by atoms with Gasteiger partial charge in [-0.3, -0.25) is 4.79 Å². The van der Waals surface area contributed by atoms with Gasteiger partial charge in [-0.2, -0.15) is 0 Å². The first-order valence-corrected chi connectivity index (χ1v) is 7.28. The number of carbonyl (C=O) groups is 1. The standard InChI is InChI=1S/C14H17Cl2NO3/c1-9(14(19)17-5-4-10(7-17)8-18)20-11-2-3-12(15)13(16)6-11/h2-3,6,9-10,18H,4-5,7-8H2,1H3. The molecule has 110 valence electrons. The number of amides is 1. The molecule has 20 heavy (non-hydrogen) atoms. The number of rotatable bonds is 4. The van der Waals surface area contributed by atoms with Gasteiger partial charge >= 0.3 is 0 Å². The van der Waals surface area contributed by atoms with Crippen LogP contribution >= 0.6 is 23.2 Å². The van der Waals surface area contributed by atoms with Gasteiger partial charge in [0.1, 0.15) is 5.75 Å². The van der Waals surface area contributed by atoms with E-state index in [1.165, 1.54) is 0 Å². The van der Waals surface area contributed by atoms with Gasteiger partial charge < -0.3 is 14.7 Å². The zero-order valence-corrected chi connectivity index (χ0v) is 12.7. The minimum atomic E-state index is -0.593. The third-order valence-electron chi connectivity index (χ3n) is 3.41. The van der Waals surface area contributed by atoms with E-state index >= 15 is 0 Å². The third-order valence-corrected chi connectivity index (χ3v) is 4.15. The van der Waals surface area contributed by atoms with E-state index in [0.717, 1.165) is 6.42 Å². The zero-order valence-electron chi connectivity index (χ0n) is 11.2. The lowest BCUT2D eigenvalue weighted by atomic mass is 10.1. The van der Waals surface area contributed by atoms with Gasteiger partial charge in [-0.15, -0.1) is 0 Å². The molecule has 1 N–H and O–H groups in total. The average molecular weight is 318 g/mol. The fourth-order valence-corrected chi connectivity index (χ4v) is 2.53. The Balaban J connectivity index is 1.95. The van der Waals surface area contributed by atoms with Crippen molar-refractivity contribution >= 4 is 29.1 Å². The first-order chi connectivity index (χ1) is 9.51. The lowest BCUT2D eigenvalue weighted by Crippen LogP contribution is -2.39. The molecule has 2 rings (SSSR count). The Labute approximate surface area is 128 Å². The molecule has 1 heterocycles. The van der Waals surface area contributed by atoms with E-state index in [1.54, 1.807) is 30.0 Å². The summed E-state index contributed by atoms with van der Waals surface area (Å²) >= 11 is 11.7. The van der Waals surface area contributed by atoms with Gasteiger partial charge in [0.2, 0.25) is 0 Å². The molecule has 0 spiro atoms. The average Bonchev–Trinajstić information content (AvgIpc) is 2.91. The summed E-state index contributed by atoms with van der Waals surface area (Å²) in [4.78, 5) is 13.9. The first kappa shape index (κ1) is 15.4. The maximum Gasteiger partial charge on any atom is 0.263 e. The molecule has 0 saturated carbocycles. The molecule has 2 unspecified atom stereocenters. The van der Waals surface area contributed by atoms with Crippen LogP contribution in [0.15, 0.2) is 18.2 Å². The summed E-state index contributed by atoms with van der Waals surface area (Å²) in [5, 5.41) is 9.94. The molecule has 4 nitrogen and oxygen atoms in total. The van der Waals surface area contributed by atoms with Crippen molar-refractivity contribution in [2.24, 2.45) is 5.92 Å². The molecule has 0 radical (unpaired) electrons. The van der Waals surface area contributed by atoms with Gasteiger partial charge in [0.05, 0.1) is 10.0 Å². The van der Waals surface area contributed by atoms with E-state index in [1.807, 2.05) is 0 Å². The maximum atomic E-state index is 12.2. The lowest BCUT2D eigenvalue weighted by molar-refractivity contribution is -0.137. The highest BCUT2D eigenvalue weighted by Gasteiger charge is 2.29. The normalized spacial score (nSPS) is 20.0. The minimum Gasteiger partial charge on any atom is -0.481 e. The van der Waals surface area contributed by atoms with Crippen LogP contribution in [0.4, 0.5) is 0 Å². The van der Waals surface area contributed by atoms with Gasteiger partial charge in [0.25, 0.3) is 5.91 Å². The van der Waals surface area contributed by atoms with Crippen molar-refractivity contribution in [3.8, 4) is 5.75 Å². The number of benzene rings is 1. The summed E-state index contributed by atoms with van der Waals surface area (Å²) in [6.45, 7) is 3.08. The molecule has 1 aromatic rings. The molecule has 6 heteroatoms. The second-order valence-corrected chi connectivity index (χ2v) is 5.77. The molecular weight excluding hydrogens is 301 g/mol. The van der Waals surface area contributed by atoms with Crippen LogP contribution in [0.25, 0.3) is 0 Å². The Hall–Kier alpha value is -0.970. The van der Waals surface area contributed by atoms with Crippen molar-refractivity contribution in [3.05, 3.63) is 28.2 Å². The van der Waals surface area contributed by atoms with Crippen LogP contribution in [-0.2, 0) is 4.79 Å². The van der Waals surface area contributed by atoms with Gasteiger partial charge in [-0.05, 0) is 25.5 Å². The molecule has 0 aliphatic carbocycles. The highest BCUT2D eigenvalue weighted by Crippen LogP contribution is 2.27. The Bertz CT molecular complexity index is 495. The molecule has 2 atom stereocenters. The van der Waals surface area contributed by atoms with Gasteiger partial charge in [-0.25, -0.2) is 0 Å². The van der Waals surface area contributed by atoms with Gasteiger partial charge in [0, 0.05) is 31.7 Å². The second-order valence-electron chi connectivity index (χ2n) is 4.96. The molecule has 1 aliphatic rings. The number of halogens is 2. The number of aliphatic hydroxyl groups excluding tert-OH is 1. The van der Waals surface area contributed by atoms with Crippen LogP contribution in [0.5, 0.6) is 5.75 Å². The summed E-state index contributed by atoms with van der Waals surface area (Å²) in [6, 6.07) is 4.90. The fourth-order valence-electron chi connectivity index (χ4n) is 2.24. The smallest absolute Gasteiger partial charge is 0.263 e. The Kier molecular flexibility index (Phi) is 5.13. The predicted molar refractivity (Wildman–Crippen MR) is 78.3 cm³/mol. The van der Waals surface area contributed by atoms with Crippen molar-refractivity contribution < 1.29 is 14.6 Å². The van der Waals surface area contributed by atoms with E-state index in [0.29, 0.717) is 28.9 Å². The molecule has 1 amide bonds. The maximum absolute atomic E-state index is 12.2. The molecular formula is C14H17Cl2NO3. The van der Waals surface area contributed by atoms with Crippen LogP contribution in [0.3, 0.4) is 0 Å². The van der Waals surface area contributed by atoms with Gasteiger partial charge in [-0.1, -0.05) is 23.2 Å². The van der Waals surface area contributed by atoms with E-state index in [2.05, 4.69) is 0 Å². The highest BCUT2D eigenvalue weighted by molar-refractivity contribution is 6.42. The number of likely N-dealkylation sites (tertiary alicyclic amines) is 1. The predicted octanol–water partition coefficient (Wildman–Crippen LogP) is 2.60. The largest absolute Gasteiger partial charge is 0.481 e. The Morgan fingerprint density at radius 1 is 1.50 bits per heavy atom. The van der Waals surface area contributed by atoms with Crippen LogP contribution in [-0.4, -0.2) is 41.7 Å². The van der Waals surface area contributed by atoms with Crippen molar-refractivity contribution in [1.82, 2.24) is 4.90 Å². The number of carbonyl (C=O) groups excluding carboxylic acids is 1. The number of ether oxygens (including phenoxy) is 1. The molecule has 1 fully saturated rings. The summed E-state index contributed by atoms with van der Waals surface area (Å²) in [5.74, 6) is 0.612. The SMILES string of the molecule is CC(Oc1ccc(Cl)c(Cl)c1)C(=O)N1CCC(CO)C1. The van der Waals surface area contributed by atoms with Crippen molar-refractivity contribution in [3.63, 3.8) is 0 Å². The van der Waals surface area contributed by atoms with E-state index < -0.39 is 6.10 Å². The Morgan fingerprint density at radius 2 is 2.25 bits per heavy atom. The monoisotopic (exact) mass is 317 g/mol. The van der Waals surface area contributed by atoms with Crippen molar-refractivity contribution in [2.75, 3.05) is 19.7 Å². The van der Waals surface area contributed by atoms with Crippen molar-refractivity contribution in [1.29, 1.82) is 0 Å². The number of nitrogens with zero attached hydrogens (tertiary/aromatic N) is 1. The topological polar surface area (TPSA) is 49.8 Å². The van der Waals surface area contributed by atoms with E-state index in [9.17, 15) is 4.79 Å². The number of aliphatic hydroxyl groups is 1. The first-order valence-electron chi connectivity index (χ1n) is 6.52. The zero-order chi connectivity index (χ0) is 14.7. The molecule has 1 aliphatic heterocycles. The summed E-state index contributed by atoms with van der Waals surface area (Å²) in [5.41, 5.74) is 0. The van der Waals surface area contributed by atoms with Crippen molar-refractivity contribution in [2.45, 2.75) is 19.4 Å². The highest BCUT2D eigenvalue weighted by atomic mass is 35.5. The molecule has 1 aromatic carbocycles. The number of hydrogen-bond donors (Lipinski definition) is 1. The minimum absolute atomic E-state index is 0.0768. The van der Waals surface area contributed by atoms with E-state index in [4.69, 9.17) is 33.0 Å². The lowest BCUT2D eigenvalue weighted by Gasteiger charge is -2.21. The second kappa shape index (κ2) is 6.66.